The van der Waals surface area contributed by atoms with E-state index in [0.717, 1.165) is 10.2 Å². The van der Waals surface area contributed by atoms with Gasteiger partial charge in [-0.25, -0.2) is 0 Å². The summed E-state index contributed by atoms with van der Waals surface area (Å²) in [5.74, 6) is 0. The second-order valence-corrected chi connectivity index (χ2v) is 3.20. The highest BCUT2D eigenvalue weighted by molar-refractivity contribution is 9.10. The van der Waals surface area contributed by atoms with Gasteiger partial charge in [-0.3, -0.25) is 4.79 Å². The number of hydrogen-bond donors (Lipinski definition) is 1. The molecule has 0 aromatic carbocycles. The number of nitrogens with one attached hydrogen (secondary N) is 1. The average molecular weight is 267 g/mol. The van der Waals surface area contributed by atoms with E-state index in [1.54, 1.807) is 6.07 Å². The quantitative estimate of drug-likeness (QED) is 0.776. The predicted octanol–water partition coefficient (Wildman–Crippen LogP) is 2.03. The van der Waals surface area contributed by atoms with Crippen molar-refractivity contribution in [1.82, 2.24) is 4.98 Å². The normalized spacial score (nSPS) is 9.80. The highest BCUT2D eigenvalue weighted by atomic mass is 79.9. The predicted molar refractivity (Wildman–Crippen MR) is 47.4 cm³/mol. The molecule has 0 aliphatic carbocycles. The molecule has 0 radical (unpaired) electrons. The topological polar surface area (TPSA) is 32.9 Å². The van der Waals surface area contributed by atoms with Crippen LogP contribution < -0.4 is 5.56 Å². The summed E-state index contributed by atoms with van der Waals surface area (Å²) >= 11 is 6.53. The van der Waals surface area contributed by atoms with Crippen LogP contribution in [0.5, 0.6) is 0 Å². The maximum atomic E-state index is 10.7. The Labute approximate surface area is 74.9 Å². The first kappa shape index (κ1) is 8.01. The Morgan fingerprint density at radius 3 is 2.70 bits per heavy atom. The van der Waals surface area contributed by atoms with Crippen molar-refractivity contribution in [2.75, 3.05) is 0 Å². The van der Waals surface area contributed by atoms with E-state index in [1.807, 2.05) is 0 Å². The Bertz CT molecular complexity index is 281. The Morgan fingerprint density at radius 1 is 1.50 bits per heavy atom. The summed E-state index contributed by atoms with van der Waals surface area (Å²) in [6, 6.07) is 3.21. The van der Waals surface area contributed by atoms with Gasteiger partial charge in [-0.2, -0.15) is 0 Å². The summed E-state index contributed by atoms with van der Waals surface area (Å²) in [6.07, 6.45) is 0. The molecule has 0 aliphatic rings. The summed E-state index contributed by atoms with van der Waals surface area (Å²) in [5.41, 5.74) is 0.796. The van der Waals surface area contributed by atoms with Crippen LogP contribution in [0.4, 0.5) is 0 Å². The Kier molecular flexibility index (Phi) is 2.68. The summed E-state index contributed by atoms with van der Waals surface area (Å²) < 4.78 is 0.920. The van der Waals surface area contributed by atoms with Crippen LogP contribution in [0.2, 0.25) is 0 Å². The highest BCUT2D eigenvalue weighted by Gasteiger charge is 1.96. The van der Waals surface area contributed by atoms with Crippen molar-refractivity contribution >= 4 is 31.9 Å². The zero-order chi connectivity index (χ0) is 7.56. The standard InChI is InChI=1S/C6H5Br2NO/c7-3-5-4(8)1-2-6(10)9-5/h1-2H,3H2,(H,9,10). The zero-order valence-corrected chi connectivity index (χ0v) is 8.20. The van der Waals surface area contributed by atoms with Crippen LogP contribution in [0.1, 0.15) is 5.69 Å². The first-order valence-corrected chi connectivity index (χ1v) is 4.59. The van der Waals surface area contributed by atoms with E-state index in [9.17, 15) is 4.79 Å². The van der Waals surface area contributed by atoms with Crippen molar-refractivity contribution in [3.8, 4) is 0 Å². The third-order valence-corrected chi connectivity index (χ3v) is 2.38. The van der Waals surface area contributed by atoms with Crippen LogP contribution >= 0.6 is 31.9 Å². The molecule has 0 bridgehead atoms. The molecule has 54 valence electrons. The Hall–Kier alpha value is -0.0900. The minimum atomic E-state index is -0.0716. The lowest BCUT2D eigenvalue weighted by molar-refractivity contribution is 1.11. The number of aromatic nitrogens is 1. The molecular weight excluding hydrogens is 262 g/mol. The molecule has 0 spiro atoms. The zero-order valence-electron chi connectivity index (χ0n) is 5.03. The molecule has 2 nitrogen and oxygen atoms in total. The molecule has 0 unspecified atom stereocenters. The van der Waals surface area contributed by atoms with Crippen LogP contribution in [-0.4, -0.2) is 4.98 Å². The van der Waals surface area contributed by atoms with Crippen molar-refractivity contribution in [2.24, 2.45) is 0 Å². The smallest absolute Gasteiger partial charge is 0.248 e. The third kappa shape index (κ3) is 1.70. The number of aromatic amines is 1. The van der Waals surface area contributed by atoms with E-state index in [2.05, 4.69) is 36.8 Å². The summed E-state index contributed by atoms with van der Waals surface area (Å²) in [7, 11) is 0. The number of alkyl halides is 1. The molecule has 0 saturated carbocycles. The summed E-state index contributed by atoms with van der Waals surface area (Å²) in [5, 5.41) is 0.656. The highest BCUT2D eigenvalue weighted by Crippen LogP contribution is 2.13. The molecule has 1 aromatic heterocycles. The van der Waals surface area contributed by atoms with E-state index in [0.29, 0.717) is 5.33 Å². The Morgan fingerprint density at radius 2 is 2.20 bits per heavy atom. The van der Waals surface area contributed by atoms with Gasteiger partial charge in [-0.15, -0.1) is 0 Å². The van der Waals surface area contributed by atoms with Crippen molar-refractivity contribution in [1.29, 1.82) is 0 Å². The van der Waals surface area contributed by atoms with Gasteiger partial charge in [0.1, 0.15) is 0 Å². The van der Waals surface area contributed by atoms with Crippen LogP contribution in [0, 0.1) is 0 Å². The SMILES string of the molecule is O=c1ccc(Br)c(CBr)[nH]1. The minimum absolute atomic E-state index is 0.0716. The summed E-state index contributed by atoms with van der Waals surface area (Å²) in [6.45, 7) is 0. The molecule has 0 fully saturated rings. The molecule has 1 N–H and O–H groups in total. The first-order valence-electron chi connectivity index (χ1n) is 2.67. The van der Waals surface area contributed by atoms with E-state index in [4.69, 9.17) is 0 Å². The maximum Gasteiger partial charge on any atom is 0.248 e. The van der Waals surface area contributed by atoms with Gasteiger partial charge in [0.2, 0.25) is 5.56 Å². The number of H-pyrrole nitrogens is 1. The molecule has 1 aromatic rings. The monoisotopic (exact) mass is 265 g/mol. The van der Waals surface area contributed by atoms with Crippen molar-refractivity contribution in [3.05, 3.63) is 32.7 Å². The molecule has 0 saturated heterocycles. The fourth-order valence-corrected chi connectivity index (χ4v) is 1.79. The fourth-order valence-electron chi connectivity index (χ4n) is 0.597. The van der Waals surface area contributed by atoms with Crippen LogP contribution in [0.25, 0.3) is 0 Å². The second kappa shape index (κ2) is 3.34. The summed E-state index contributed by atoms with van der Waals surface area (Å²) in [4.78, 5) is 13.4. The molecule has 4 heteroatoms. The second-order valence-electron chi connectivity index (χ2n) is 1.78. The first-order chi connectivity index (χ1) is 4.74. The minimum Gasteiger partial charge on any atom is -0.324 e. The largest absolute Gasteiger partial charge is 0.324 e. The number of pyridine rings is 1. The van der Waals surface area contributed by atoms with Crippen molar-refractivity contribution in [3.63, 3.8) is 0 Å². The lowest BCUT2D eigenvalue weighted by atomic mass is 10.4. The van der Waals surface area contributed by atoms with Gasteiger partial charge in [-0.05, 0) is 22.0 Å². The molecule has 0 aliphatic heterocycles. The van der Waals surface area contributed by atoms with E-state index in [1.165, 1.54) is 6.07 Å². The molecule has 10 heavy (non-hydrogen) atoms. The molecule has 0 atom stereocenters. The maximum absolute atomic E-state index is 10.7. The van der Waals surface area contributed by atoms with Crippen LogP contribution in [0.3, 0.4) is 0 Å². The van der Waals surface area contributed by atoms with Crippen LogP contribution in [0.15, 0.2) is 21.4 Å². The van der Waals surface area contributed by atoms with Gasteiger partial charge < -0.3 is 4.98 Å². The lowest BCUT2D eigenvalue weighted by Gasteiger charge is -1.96. The molecule has 0 amide bonds. The van der Waals surface area contributed by atoms with E-state index in [-0.39, 0.29) is 5.56 Å². The van der Waals surface area contributed by atoms with E-state index < -0.39 is 0 Å². The molecule has 1 rings (SSSR count). The number of rotatable bonds is 1. The van der Waals surface area contributed by atoms with Gasteiger partial charge in [0.15, 0.2) is 0 Å². The van der Waals surface area contributed by atoms with Gasteiger partial charge in [-0.1, -0.05) is 15.9 Å². The number of hydrogen-bond acceptors (Lipinski definition) is 1. The molecule has 1 heterocycles. The lowest BCUT2D eigenvalue weighted by Crippen LogP contribution is -2.05. The van der Waals surface area contributed by atoms with Crippen molar-refractivity contribution < 1.29 is 0 Å². The van der Waals surface area contributed by atoms with E-state index >= 15 is 0 Å². The van der Waals surface area contributed by atoms with Crippen LogP contribution in [-0.2, 0) is 5.33 Å². The average Bonchev–Trinajstić information content (AvgIpc) is 1.94. The van der Waals surface area contributed by atoms with Crippen molar-refractivity contribution in [2.45, 2.75) is 5.33 Å². The molecular formula is C6H5Br2NO. The third-order valence-electron chi connectivity index (χ3n) is 1.08. The Balaban J connectivity index is 3.22. The van der Waals surface area contributed by atoms with Gasteiger partial charge in [0.25, 0.3) is 0 Å². The van der Waals surface area contributed by atoms with Gasteiger partial charge in [0, 0.05) is 21.6 Å². The fraction of sp³-hybridized carbons (Fsp3) is 0.167. The van der Waals surface area contributed by atoms with Gasteiger partial charge >= 0.3 is 0 Å². The van der Waals surface area contributed by atoms with Gasteiger partial charge in [0.05, 0.1) is 0 Å². The number of halogens is 2.